The summed E-state index contributed by atoms with van der Waals surface area (Å²) in [5.41, 5.74) is 1.95. The number of fused-ring (bicyclic) bond motifs is 1. The summed E-state index contributed by atoms with van der Waals surface area (Å²) in [6, 6.07) is 15.3. The van der Waals surface area contributed by atoms with Gasteiger partial charge in [0.2, 0.25) is 0 Å². The van der Waals surface area contributed by atoms with Crippen LogP contribution in [0, 0.1) is 0 Å². The fraction of sp³-hybridized carbons (Fsp3) is 0.176. The maximum Gasteiger partial charge on any atom is 0.315 e. The molecule has 0 atom stereocenters. The molecule has 0 saturated carbocycles. The lowest BCUT2D eigenvalue weighted by molar-refractivity contribution is 0.240. The average Bonchev–Trinajstić information content (AvgIpc) is 3.01. The largest absolute Gasteiger partial charge is 0.497 e. The van der Waals surface area contributed by atoms with Gasteiger partial charge in [-0.15, -0.1) is 11.3 Å². The number of benzene rings is 2. The van der Waals surface area contributed by atoms with Gasteiger partial charge in [-0.25, -0.2) is 9.78 Å². The van der Waals surface area contributed by atoms with E-state index in [0.29, 0.717) is 13.1 Å². The van der Waals surface area contributed by atoms with Crippen molar-refractivity contribution in [1.29, 1.82) is 0 Å². The molecule has 6 heteroatoms. The molecule has 0 fully saturated rings. The molecule has 1 heterocycles. The van der Waals surface area contributed by atoms with Crippen LogP contribution in [0.2, 0.25) is 0 Å². The van der Waals surface area contributed by atoms with Gasteiger partial charge in [-0.05, 0) is 29.8 Å². The van der Waals surface area contributed by atoms with Gasteiger partial charge in [-0.1, -0.05) is 24.3 Å². The number of hydrogen-bond acceptors (Lipinski definition) is 4. The second kappa shape index (κ2) is 7.11. The molecule has 0 spiro atoms. The lowest BCUT2D eigenvalue weighted by atomic mass is 10.2. The second-order valence-corrected chi connectivity index (χ2v) is 6.08. The van der Waals surface area contributed by atoms with Gasteiger partial charge in [-0.2, -0.15) is 0 Å². The summed E-state index contributed by atoms with van der Waals surface area (Å²) < 4.78 is 6.29. The molecule has 0 aliphatic heterocycles. The molecule has 2 N–H and O–H groups in total. The molecule has 0 aliphatic rings. The lowest BCUT2D eigenvalue weighted by Gasteiger charge is -2.07. The zero-order chi connectivity index (χ0) is 16.1. The maximum atomic E-state index is 11.9. The predicted octanol–water partition coefficient (Wildman–Crippen LogP) is 3.30. The molecule has 0 aliphatic carbocycles. The number of nitrogens with one attached hydrogen (secondary N) is 2. The van der Waals surface area contributed by atoms with Gasteiger partial charge in [0.15, 0.2) is 0 Å². The van der Waals surface area contributed by atoms with Crippen LogP contribution in [0.4, 0.5) is 4.79 Å². The van der Waals surface area contributed by atoms with Crippen LogP contribution in [0.3, 0.4) is 0 Å². The van der Waals surface area contributed by atoms with Crippen LogP contribution in [0.15, 0.2) is 48.5 Å². The van der Waals surface area contributed by atoms with E-state index in [1.165, 1.54) is 0 Å². The zero-order valence-electron chi connectivity index (χ0n) is 12.7. The first-order chi connectivity index (χ1) is 11.2. The second-order valence-electron chi connectivity index (χ2n) is 4.96. The molecular formula is C17H17N3O2S. The number of para-hydroxylation sites is 1. The first kappa shape index (κ1) is 15.3. The van der Waals surface area contributed by atoms with Gasteiger partial charge in [0, 0.05) is 6.54 Å². The fourth-order valence-corrected chi connectivity index (χ4v) is 3.09. The Morgan fingerprint density at radius 1 is 1.13 bits per heavy atom. The van der Waals surface area contributed by atoms with Crippen LogP contribution in [0.25, 0.3) is 10.2 Å². The molecule has 0 unspecified atom stereocenters. The minimum atomic E-state index is -0.216. The van der Waals surface area contributed by atoms with Crippen LogP contribution in [0.5, 0.6) is 5.75 Å². The number of carbonyl (C=O) groups is 1. The number of rotatable bonds is 5. The molecule has 0 saturated heterocycles. The summed E-state index contributed by atoms with van der Waals surface area (Å²) in [7, 11) is 1.62. The smallest absolute Gasteiger partial charge is 0.315 e. The summed E-state index contributed by atoms with van der Waals surface area (Å²) in [4.78, 5) is 16.4. The normalized spacial score (nSPS) is 10.5. The van der Waals surface area contributed by atoms with Crippen molar-refractivity contribution < 1.29 is 9.53 Å². The molecule has 118 valence electrons. The van der Waals surface area contributed by atoms with Crippen molar-refractivity contribution in [3.8, 4) is 5.75 Å². The summed E-state index contributed by atoms with van der Waals surface area (Å²) in [5, 5.41) is 6.54. The standard InChI is InChI=1S/C17H17N3O2S/c1-22-13-6-4-5-12(9-13)10-18-17(21)19-11-16-20-14-7-2-3-8-15(14)23-16/h2-9H,10-11H2,1H3,(H2,18,19,21). The minimum absolute atomic E-state index is 0.216. The van der Waals surface area contributed by atoms with E-state index >= 15 is 0 Å². The third kappa shape index (κ3) is 3.98. The topological polar surface area (TPSA) is 63.2 Å². The van der Waals surface area contributed by atoms with Crippen LogP contribution < -0.4 is 15.4 Å². The zero-order valence-corrected chi connectivity index (χ0v) is 13.5. The number of thiazole rings is 1. The van der Waals surface area contributed by atoms with Crippen LogP contribution in [-0.4, -0.2) is 18.1 Å². The molecule has 3 rings (SSSR count). The summed E-state index contributed by atoms with van der Waals surface area (Å²) in [5.74, 6) is 0.777. The highest BCUT2D eigenvalue weighted by Gasteiger charge is 2.05. The van der Waals surface area contributed by atoms with Crippen LogP contribution in [0.1, 0.15) is 10.6 Å². The minimum Gasteiger partial charge on any atom is -0.497 e. The molecule has 3 aromatic rings. The van der Waals surface area contributed by atoms with Crippen LogP contribution >= 0.6 is 11.3 Å². The van der Waals surface area contributed by atoms with Gasteiger partial charge in [-0.3, -0.25) is 0 Å². The molecular weight excluding hydrogens is 310 g/mol. The van der Waals surface area contributed by atoms with Crippen molar-refractivity contribution in [2.24, 2.45) is 0 Å². The van der Waals surface area contributed by atoms with Crippen molar-refractivity contribution in [2.75, 3.05) is 7.11 Å². The van der Waals surface area contributed by atoms with Crippen molar-refractivity contribution in [3.05, 3.63) is 59.1 Å². The summed E-state index contributed by atoms with van der Waals surface area (Å²) >= 11 is 1.59. The van der Waals surface area contributed by atoms with E-state index in [1.54, 1.807) is 18.4 Å². The van der Waals surface area contributed by atoms with Gasteiger partial charge < -0.3 is 15.4 Å². The Bertz CT molecular complexity index is 783. The molecule has 0 bridgehead atoms. The van der Waals surface area contributed by atoms with E-state index in [1.807, 2.05) is 48.5 Å². The third-order valence-corrected chi connectivity index (χ3v) is 4.36. The van der Waals surface area contributed by atoms with Crippen molar-refractivity contribution in [1.82, 2.24) is 15.6 Å². The average molecular weight is 327 g/mol. The number of carbonyl (C=O) groups excluding carboxylic acids is 1. The highest BCUT2D eigenvalue weighted by molar-refractivity contribution is 7.18. The fourth-order valence-electron chi connectivity index (χ4n) is 2.18. The molecule has 2 aromatic carbocycles. The molecule has 0 radical (unpaired) electrons. The van der Waals surface area contributed by atoms with Gasteiger partial charge >= 0.3 is 6.03 Å². The SMILES string of the molecule is COc1cccc(CNC(=O)NCc2nc3ccccc3s2)c1. The van der Waals surface area contributed by atoms with Crippen molar-refractivity contribution in [3.63, 3.8) is 0 Å². The highest BCUT2D eigenvalue weighted by atomic mass is 32.1. The van der Waals surface area contributed by atoms with Gasteiger partial charge in [0.25, 0.3) is 0 Å². The van der Waals surface area contributed by atoms with E-state index in [9.17, 15) is 4.79 Å². The van der Waals surface area contributed by atoms with E-state index in [-0.39, 0.29) is 6.03 Å². The Morgan fingerprint density at radius 2 is 1.96 bits per heavy atom. The summed E-state index contributed by atoms with van der Waals surface area (Å²) in [6.45, 7) is 0.867. The quantitative estimate of drug-likeness (QED) is 0.756. The number of methoxy groups -OCH3 is 1. The number of nitrogens with zero attached hydrogens (tertiary/aromatic N) is 1. The number of ether oxygens (including phenoxy) is 1. The van der Waals surface area contributed by atoms with Gasteiger partial charge in [0.05, 0.1) is 23.9 Å². The van der Waals surface area contributed by atoms with Crippen LogP contribution in [-0.2, 0) is 13.1 Å². The molecule has 1 aromatic heterocycles. The Hall–Kier alpha value is -2.60. The lowest BCUT2D eigenvalue weighted by Crippen LogP contribution is -2.34. The van der Waals surface area contributed by atoms with E-state index in [4.69, 9.17) is 4.74 Å². The number of amides is 2. The molecule has 23 heavy (non-hydrogen) atoms. The Labute approximate surface area is 138 Å². The van der Waals surface area contributed by atoms with Crippen molar-refractivity contribution in [2.45, 2.75) is 13.1 Å². The summed E-state index contributed by atoms with van der Waals surface area (Å²) in [6.07, 6.45) is 0. The van der Waals surface area contributed by atoms with E-state index in [0.717, 1.165) is 26.5 Å². The first-order valence-electron chi connectivity index (χ1n) is 7.23. The highest BCUT2D eigenvalue weighted by Crippen LogP contribution is 2.21. The predicted molar refractivity (Wildman–Crippen MR) is 91.7 cm³/mol. The maximum absolute atomic E-state index is 11.9. The van der Waals surface area contributed by atoms with Gasteiger partial charge in [0.1, 0.15) is 10.8 Å². The molecule has 2 amide bonds. The third-order valence-electron chi connectivity index (χ3n) is 3.33. The Balaban J connectivity index is 1.51. The molecule has 5 nitrogen and oxygen atoms in total. The Kier molecular flexibility index (Phi) is 4.73. The van der Waals surface area contributed by atoms with Crippen molar-refractivity contribution >= 4 is 27.6 Å². The first-order valence-corrected chi connectivity index (χ1v) is 8.05. The van der Waals surface area contributed by atoms with E-state index < -0.39 is 0 Å². The Morgan fingerprint density at radius 3 is 2.78 bits per heavy atom. The number of urea groups is 1. The van der Waals surface area contributed by atoms with E-state index in [2.05, 4.69) is 15.6 Å². The monoisotopic (exact) mass is 327 g/mol. The number of hydrogen-bond donors (Lipinski definition) is 2. The number of aromatic nitrogens is 1.